The van der Waals surface area contributed by atoms with Crippen molar-refractivity contribution in [1.29, 1.82) is 0 Å². The number of rotatable bonds is 7. The zero-order valence-corrected chi connectivity index (χ0v) is 20.2. The van der Waals surface area contributed by atoms with Crippen molar-refractivity contribution in [1.82, 2.24) is 9.97 Å². The Morgan fingerprint density at radius 1 is 1.32 bits per heavy atom. The summed E-state index contributed by atoms with van der Waals surface area (Å²) in [5.74, 6) is 3.16. The minimum atomic E-state index is 0.409. The van der Waals surface area contributed by atoms with Crippen LogP contribution in [0.15, 0.2) is 116 Å². The molecule has 2 aromatic heterocycles. The third-order valence-corrected chi connectivity index (χ3v) is 4.99. The number of allylic oxidation sites excluding steroid dienone is 8. The van der Waals surface area contributed by atoms with E-state index in [4.69, 9.17) is 23.0 Å². The molecule has 0 saturated heterocycles. The van der Waals surface area contributed by atoms with E-state index < -0.39 is 0 Å². The predicted octanol–water partition coefficient (Wildman–Crippen LogP) is 5.32. The topological polar surface area (TPSA) is 79.4 Å². The number of terminal acetylenes is 1. The van der Waals surface area contributed by atoms with E-state index in [0.29, 0.717) is 23.8 Å². The maximum absolute atomic E-state index is 6.53. The molecule has 34 heavy (non-hydrogen) atoms. The van der Waals surface area contributed by atoms with Crippen molar-refractivity contribution in [3.8, 4) is 12.3 Å². The van der Waals surface area contributed by atoms with Gasteiger partial charge in [-0.15, -0.1) is 12.2 Å². The van der Waals surface area contributed by atoms with Gasteiger partial charge in [0.25, 0.3) is 0 Å². The molecule has 0 saturated carbocycles. The van der Waals surface area contributed by atoms with Crippen molar-refractivity contribution in [2.24, 2.45) is 15.7 Å². The molecule has 0 aromatic carbocycles. The molecule has 5 nitrogen and oxygen atoms in total. The number of aromatic amines is 1. The highest BCUT2D eigenvalue weighted by atomic mass is 35.5. The third kappa shape index (κ3) is 7.88. The maximum atomic E-state index is 6.53. The molecule has 2 heterocycles. The number of nitrogens with zero attached hydrogens (tertiary/aromatic N) is 3. The van der Waals surface area contributed by atoms with Crippen LogP contribution in [0.2, 0.25) is 0 Å². The van der Waals surface area contributed by atoms with Crippen LogP contribution in [0.25, 0.3) is 0 Å². The molecule has 0 aliphatic heterocycles. The second kappa shape index (κ2) is 14.3. The number of hydrogen-bond acceptors (Lipinski definition) is 3. The number of aliphatic imine (C=N–C) groups is 2. The summed E-state index contributed by atoms with van der Waals surface area (Å²) in [7, 11) is 1.50. The second-order valence-corrected chi connectivity index (χ2v) is 7.45. The first-order chi connectivity index (χ1) is 16.6. The lowest BCUT2D eigenvalue weighted by Gasteiger charge is -2.10. The van der Waals surface area contributed by atoms with Crippen LogP contribution in [0, 0.1) is 12.3 Å². The number of H-pyrrole nitrogens is 1. The molecule has 1 aliphatic carbocycles. The van der Waals surface area contributed by atoms with Crippen LogP contribution in [-0.4, -0.2) is 36.1 Å². The normalized spacial score (nSPS) is 14.1. The highest BCUT2D eigenvalue weighted by Gasteiger charge is 2.10. The number of nitrogens with two attached hydrogens (primary N) is 1. The lowest BCUT2D eigenvalue weighted by atomic mass is 9.99. The molecule has 172 valence electrons. The van der Waals surface area contributed by atoms with Gasteiger partial charge in [-0.3, -0.25) is 9.98 Å². The highest BCUT2D eigenvalue weighted by Crippen LogP contribution is 2.26. The molecule has 0 unspecified atom stereocenters. The van der Waals surface area contributed by atoms with Crippen molar-refractivity contribution in [2.45, 2.75) is 13.3 Å². The summed E-state index contributed by atoms with van der Waals surface area (Å²) in [6.45, 7) is 6.04. The molecule has 0 bridgehead atoms. The second-order valence-electron chi connectivity index (χ2n) is 7.05. The van der Waals surface area contributed by atoms with Crippen LogP contribution in [0.4, 0.5) is 0 Å². The van der Waals surface area contributed by atoms with Gasteiger partial charge >= 0.3 is 0 Å². The van der Waals surface area contributed by atoms with E-state index in [1.165, 1.54) is 7.05 Å². The maximum Gasteiger partial charge on any atom is 0.155 e. The van der Waals surface area contributed by atoms with Crippen molar-refractivity contribution >= 4 is 24.2 Å². The van der Waals surface area contributed by atoms with Crippen LogP contribution in [0.5, 0.6) is 0 Å². The Morgan fingerprint density at radius 2 is 2.15 bits per heavy atom. The number of amidine groups is 1. The van der Waals surface area contributed by atoms with E-state index in [-0.39, 0.29) is 0 Å². The number of aromatic nitrogens is 2. The quantitative estimate of drug-likeness (QED) is 0.189. The molecule has 0 radical (unpaired) electrons. The number of pyridine rings is 1. The number of hydrogen-bond donors (Lipinski definition) is 2. The zero-order valence-electron chi connectivity index (χ0n) is 19.4. The standard InChI is InChI=1S/C27H23ClN4.CH5N/c1-4-7-22(25-12-10-20(2)11-13-26(25)28)16-21(17-24-9-6-15-31-24)18-32-27(29-3)23-8-5-14-30-19-23;1-2/h1,5-10,12-16,19,31H,3,17-18H2,2H3;2H2,1H3/b21-16-,22-7+,32-27?;. The summed E-state index contributed by atoms with van der Waals surface area (Å²) in [6, 6.07) is 7.74. The Morgan fingerprint density at radius 3 is 2.79 bits per heavy atom. The summed E-state index contributed by atoms with van der Waals surface area (Å²) in [5, 5.41) is 0.572. The summed E-state index contributed by atoms with van der Waals surface area (Å²) in [4.78, 5) is 16.2. The lowest BCUT2D eigenvalue weighted by Crippen LogP contribution is -2.03. The molecule has 0 fully saturated rings. The van der Waals surface area contributed by atoms with E-state index in [9.17, 15) is 0 Å². The predicted molar refractivity (Wildman–Crippen MR) is 144 cm³/mol. The van der Waals surface area contributed by atoms with Crippen molar-refractivity contribution in [3.05, 3.63) is 118 Å². The Kier molecular flexibility index (Phi) is 11.0. The molecule has 1 aliphatic rings. The van der Waals surface area contributed by atoms with Crippen molar-refractivity contribution < 1.29 is 0 Å². The smallest absolute Gasteiger partial charge is 0.155 e. The Labute approximate surface area is 206 Å². The van der Waals surface area contributed by atoms with Gasteiger partial charge in [-0.1, -0.05) is 35.7 Å². The summed E-state index contributed by atoms with van der Waals surface area (Å²) in [6.07, 6.45) is 21.0. The largest absolute Gasteiger partial charge is 0.365 e. The van der Waals surface area contributed by atoms with Crippen LogP contribution < -0.4 is 5.73 Å². The monoisotopic (exact) mass is 469 g/mol. The van der Waals surface area contributed by atoms with Crippen molar-refractivity contribution in [2.75, 3.05) is 13.6 Å². The molecule has 3 N–H and O–H groups in total. The summed E-state index contributed by atoms with van der Waals surface area (Å²) < 4.78 is 0. The summed E-state index contributed by atoms with van der Waals surface area (Å²) >= 11 is 6.53. The van der Waals surface area contributed by atoms with Gasteiger partial charge in [0, 0.05) is 41.8 Å². The Bertz CT molecular complexity index is 1230. The first-order valence-electron chi connectivity index (χ1n) is 10.6. The third-order valence-electron chi connectivity index (χ3n) is 4.67. The van der Waals surface area contributed by atoms with E-state index >= 15 is 0 Å². The first kappa shape index (κ1) is 26.3. The molecule has 2 aromatic rings. The minimum Gasteiger partial charge on any atom is -0.365 e. The van der Waals surface area contributed by atoms with Gasteiger partial charge in [0.05, 0.1) is 11.6 Å². The van der Waals surface area contributed by atoms with Crippen molar-refractivity contribution in [3.63, 3.8) is 0 Å². The molecule has 0 amide bonds. The SMILES string of the molecule is C#C/C=C(\C=C(/CN=C(N=C)c1cccnc1)Cc1ccc[nH]1)C1=C(Cl)C=C=C(C)C=C1.CN. The number of nitrogens with one attached hydrogen (secondary N) is 1. The van der Waals surface area contributed by atoms with Gasteiger partial charge in [0.1, 0.15) is 0 Å². The fourth-order valence-corrected chi connectivity index (χ4v) is 3.34. The Balaban J connectivity index is 0.00000199. The molecule has 3 rings (SSSR count). The molecule has 0 spiro atoms. The minimum absolute atomic E-state index is 0.409. The average Bonchev–Trinajstić information content (AvgIpc) is 3.32. The van der Waals surface area contributed by atoms with E-state index in [0.717, 1.165) is 33.5 Å². The molecule has 6 heteroatoms. The van der Waals surface area contributed by atoms with Crippen LogP contribution in [0.3, 0.4) is 0 Å². The van der Waals surface area contributed by atoms with E-state index in [1.807, 2.05) is 55.6 Å². The highest BCUT2D eigenvalue weighted by molar-refractivity contribution is 6.32. The lowest BCUT2D eigenvalue weighted by molar-refractivity contribution is 0.998. The van der Waals surface area contributed by atoms with Gasteiger partial charge in [-0.25, -0.2) is 4.99 Å². The van der Waals surface area contributed by atoms with Gasteiger partial charge in [0.2, 0.25) is 0 Å². The van der Waals surface area contributed by atoms with E-state index in [2.05, 4.69) is 39.1 Å². The van der Waals surface area contributed by atoms with Gasteiger partial charge in [0.15, 0.2) is 5.84 Å². The molecular formula is C28H28ClN5. The van der Waals surface area contributed by atoms with Crippen LogP contribution in [0.1, 0.15) is 18.2 Å². The summed E-state index contributed by atoms with van der Waals surface area (Å²) in [5.41, 5.74) is 13.2. The fraction of sp³-hybridized carbons (Fsp3) is 0.143. The Hall–Kier alpha value is -3.94. The van der Waals surface area contributed by atoms with Gasteiger partial charge in [-0.2, -0.15) is 0 Å². The first-order valence-corrected chi connectivity index (χ1v) is 11.0. The molecule has 0 atom stereocenters. The number of halogens is 1. The molecular weight excluding hydrogens is 442 g/mol. The zero-order chi connectivity index (χ0) is 24.8. The van der Waals surface area contributed by atoms with Crippen LogP contribution >= 0.6 is 11.6 Å². The van der Waals surface area contributed by atoms with Gasteiger partial charge in [-0.05, 0) is 73.8 Å². The van der Waals surface area contributed by atoms with Gasteiger partial charge < -0.3 is 10.7 Å². The fourth-order valence-electron chi connectivity index (χ4n) is 3.11. The van der Waals surface area contributed by atoms with Crippen LogP contribution in [-0.2, 0) is 6.42 Å². The average molecular weight is 470 g/mol. The van der Waals surface area contributed by atoms with E-state index in [1.54, 1.807) is 24.5 Å².